The van der Waals surface area contributed by atoms with Gasteiger partial charge in [0.1, 0.15) is 16.5 Å². The van der Waals surface area contributed by atoms with Gasteiger partial charge in [0.15, 0.2) is 0 Å². The summed E-state index contributed by atoms with van der Waals surface area (Å²) in [5.74, 6) is -0.177. The first kappa shape index (κ1) is 15.6. The van der Waals surface area contributed by atoms with E-state index < -0.39 is 15.8 Å². The number of sulfonamides is 1. The molecule has 8 heteroatoms. The Hall–Kier alpha value is -1.80. The van der Waals surface area contributed by atoms with Crippen LogP contribution in [0.1, 0.15) is 0 Å². The molecule has 21 heavy (non-hydrogen) atoms. The Bertz CT molecular complexity index is 781. The van der Waals surface area contributed by atoms with E-state index in [0.717, 1.165) is 12.1 Å². The molecule has 0 aliphatic heterocycles. The van der Waals surface area contributed by atoms with Gasteiger partial charge in [-0.2, -0.15) is 0 Å². The van der Waals surface area contributed by atoms with E-state index in [1.165, 1.54) is 31.4 Å². The highest BCUT2D eigenvalue weighted by Gasteiger charge is 2.18. The molecule has 0 spiro atoms. The number of anilines is 2. The van der Waals surface area contributed by atoms with Gasteiger partial charge in [-0.25, -0.2) is 12.8 Å². The molecule has 0 saturated carbocycles. The van der Waals surface area contributed by atoms with E-state index in [9.17, 15) is 12.8 Å². The largest absolute Gasteiger partial charge is 0.495 e. The highest BCUT2D eigenvalue weighted by Crippen LogP contribution is 2.28. The third-order valence-electron chi connectivity index (χ3n) is 2.67. The van der Waals surface area contributed by atoms with Gasteiger partial charge in [0.05, 0.1) is 18.5 Å². The molecule has 0 saturated heterocycles. The van der Waals surface area contributed by atoms with Crippen molar-refractivity contribution in [3.63, 3.8) is 0 Å². The van der Waals surface area contributed by atoms with Gasteiger partial charge in [0.25, 0.3) is 10.0 Å². The average molecular weight is 375 g/mol. The number of nitrogens with two attached hydrogens (primary N) is 1. The topological polar surface area (TPSA) is 81.4 Å². The molecule has 0 unspecified atom stereocenters. The molecule has 2 aromatic rings. The quantitative estimate of drug-likeness (QED) is 0.806. The van der Waals surface area contributed by atoms with Gasteiger partial charge < -0.3 is 10.5 Å². The van der Waals surface area contributed by atoms with Crippen molar-refractivity contribution in [2.75, 3.05) is 17.6 Å². The Morgan fingerprint density at radius 1 is 1.24 bits per heavy atom. The van der Waals surface area contributed by atoms with E-state index in [1.54, 1.807) is 0 Å². The number of nitrogen functional groups attached to an aromatic ring is 1. The molecule has 3 N–H and O–H groups in total. The van der Waals surface area contributed by atoms with Crippen molar-refractivity contribution in [1.82, 2.24) is 0 Å². The molecule has 0 radical (unpaired) electrons. The molecule has 0 aromatic heterocycles. The number of methoxy groups -OCH3 is 1. The minimum Gasteiger partial charge on any atom is -0.495 e. The maximum absolute atomic E-state index is 13.0. The number of ether oxygens (including phenoxy) is 1. The van der Waals surface area contributed by atoms with E-state index in [4.69, 9.17) is 10.5 Å². The van der Waals surface area contributed by atoms with Crippen molar-refractivity contribution in [3.05, 3.63) is 46.7 Å². The standard InChI is InChI=1S/C13H12BrFN2O3S/c1-20-12-7-9(3-4-11(12)16)17-21(18,19)13-5-2-8(15)6-10(13)14/h2-7,17H,16H2,1H3. The molecule has 5 nitrogen and oxygen atoms in total. The number of rotatable bonds is 4. The zero-order chi connectivity index (χ0) is 15.6. The molecule has 0 aliphatic rings. The lowest BCUT2D eigenvalue weighted by atomic mass is 10.2. The first-order valence-electron chi connectivity index (χ1n) is 5.75. The fourth-order valence-corrected chi connectivity index (χ4v) is 3.78. The SMILES string of the molecule is COc1cc(NS(=O)(=O)c2ccc(F)cc2Br)ccc1N. The summed E-state index contributed by atoms with van der Waals surface area (Å²) in [7, 11) is -2.43. The summed E-state index contributed by atoms with van der Waals surface area (Å²) >= 11 is 3.03. The van der Waals surface area contributed by atoms with E-state index >= 15 is 0 Å². The maximum atomic E-state index is 13.0. The zero-order valence-electron chi connectivity index (χ0n) is 10.9. The number of halogens is 2. The number of nitrogens with one attached hydrogen (secondary N) is 1. The Labute approximate surface area is 130 Å². The van der Waals surface area contributed by atoms with E-state index in [1.807, 2.05) is 0 Å². The van der Waals surface area contributed by atoms with Gasteiger partial charge in [0, 0.05) is 10.5 Å². The third-order valence-corrected chi connectivity index (χ3v) is 5.03. The summed E-state index contributed by atoms with van der Waals surface area (Å²) in [6, 6.07) is 7.82. The van der Waals surface area contributed by atoms with Crippen LogP contribution < -0.4 is 15.2 Å². The average Bonchev–Trinajstić information content (AvgIpc) is 2.40. The molecular weight excluding hydrogens is 363 g/mol. The lowest BCUT2D eigenvalue weighted by Crippen LogP contribution is -2.13. The highest BCUT2D eigenvalue weighted by atomic mass is 79.9. The molecule has 0 atom stereocenters. The molecule has 112 valence electrons. The second kappa shape index (κ2) is 5.90. The van der Waals surface area contributed by atoms with Crippen LogP contribution in [0, 0.1) is 5.82 Å². The molecule has 2 rings (SSSR count). The summed E-state index contributed by atoms with van der Waals surface area (Å²) in [5, 5.41) is 0. The minimum absolute atomic E-state index is 0.0697. The molecule has 0 heterocycles. The molecular formula is C13H12BrFN2O3S. The fourth-order valence-electron chi connectivity index (χ4n) is 1.68. The van der Waals surface area contributed by atoms with Crippen LogP contribution in [0.25, 0.3) is 0 Å². The lowest BCUT2D eigenvalue weighted by molar-refractivity contribution is 0.417. The molecule has 0 amide bonds. The summed E-state index contributed by atoms with van der Waals surface area (Å²) in [6.07, 6.45) is 0. The van der Waals surface area contributed by atoms with Gasteiger partial charge in [-0.3, -0.25) is 4.72 Å². The van der Waals surface area contributed by atoms with Crippen molar-refractivity contribution in [1.29, 1.82) is 0 Å². The van der Waals surface area contributed by atoms with E-state index in [0.29, 0.717) is 11.4 Å². The van der Waals surface area contributed by atoms with Crippen LogP contribution in [-0.2, 0) is 10.0 Å². The van der Waals surface area contributed by atoms with Crippen LogP contribution in [-0.4, -0.2) is 15.5 Å². The monoisotopic (exact) mass is 374 g/mol. The number of hydrogen-bond acceptors (Lipinski definition) is 4. The van der Waals surface area contributed by atoms with Gasteiger partial charge in [-0.15, -0.1) is 0 Å². The highest BCUT2D eigenvalue weighted by molar-refractivity contribution is 9.10. The van der Waals surface area contributed by atoms with Crippen LogP contribution in [0.4, 0.5) is 15.8 Å². The van der Waals surface area contributed by atoms with Gasteiger partial charge in [-0.1, -0.05) is 0 Å². The van der Waals surface area contributed by atoms with Crippen molar-refractivity contribution >= 4 is 37.3 Å². The Morgan fingerprint density at radius 2 is 1.95 bits per heavy atom. The first-order chi connectivity index (χ1) is 9.83. The molecule has 0 fully saturated rings. The smallest absolute Gasteiger partial charge is 0.263 e. The van der Waals surface area contributed by atoms with Gasteiger partial charge in [-0.05, 0) is 46.3 Å². The Morgan fingerprint density at radius 3 is 2.57 bits per heavy atom. The minimum atomic E-state index is -3.86. The van der Waals surface area contributed by atoms with Crippen LogP contribution in [0.15, 0.2) is 45.8 Å². The predicted molar refractivity (Wildman–Crippen MR) is 82.3 cm³/mol. The lowest BCUT2D eigenvalue weighted by Gasteiger charge is -2.11. The van der Waals surface area contributed by atoms with Crippen LogP contribution >= 0.6 is 15.9 Å². The first-order valence-corrected chi connectivity index (χ1v) is 8.02. The number of benzene rings is 2. The summed E-state index contributed by atoms with van der Waals surface area (Å²) < 4.78 is 45.1. The van der Waals surface area contributed by atoms with Gasteiger partial charge in [0.2, 0.25) is 0 Å². The Kier molecular flexibility index (Phi) is 4.38. The van der Waals surface area contributed by atoms with Crippen molar-refractivity contribution in [3.8, 4) is 5.75 Å². The summed E-state index contributed by atoms with van der Waals surface area (Å²) in [4.78, 5) is -0.0697. The van der Waals surface area contributed by atoms with Crippen molar-refractivity contribution < 1.29 is 17.5 Å². The summed E-state index contributed by atoms with van der Waals surface area (Å²) in [5.41, 5.74) is 6.35. The van der Waals surface area contributed by atoms with Crippen LogP contribution in [0.2, 0.25) is 0 Å². The van der Waals surface area contributed by atoms with Crippen LogP contribution in [0.3, 0.4) is 0 Å². The number of hydrogen-bond donors (Lipinski definition) is 2. The molecule has 0 bridgehead atoms. The fraction of sp³-hybridized carbons (Fsp3) is 0.0769. The van der Waals surface area contributed by atoms with E-state index in [-0.39, 0.29) is 15.1 Å². The maximum Gasteiger partial charge on any atom is 0.263 e. The second-order valence-electron chi connectivity index (χ2n) is 4.14. The normalized spacial score (nSPS) is 11.2. The third kappa shape index (κ3) is 3.45. The van der Waals surface area contributed by atoms with Crippen LogP contribution in [0.5, 0.6) is 5.75 Å². The van der Waals surface area contributed by atoms with Crippen molar-refractivity contribution in [2.24, 2.45) is 0 Å². The van der Waals surface area contributed by atoms with Crippen molar-refractivity contribution in [2.45, 2.75) is 4.90 Å². The predicted octanol–water partition coefficient (Wildman–Crippen LogP) is 2.98. The Balaban J connectivity index is 2.37. The summed E-state index contributed by atoms with van der Waals surface area (Å²) in [6.45, 7) is 0. The molecule has 2 aromatic carbocycles. The second-order valence-corrected chi connectivity index (χ2v) is 6.64. The zero-order valence-corrected chi connectivity index (χ0v) is 13.3. The van der Waals surface area contributed by atoms with E-state index in [2.05, 4.69) is 20.7 Å². The van der Waals surface area contributed by atoms with Gasteiger partial charge >= 0.3 is 0 Å². The molecule has 0 aliphatic carbocycles.